The molecule has 1 fully saturated rings. The van der Waals surface area contributed by atoms with Crippen LogP contribution in [0.25, 0.3) is 0 Å². The van der Waals surface area contributed by atoms with Gasteiger partial charge in [-0.15, -0.1) is 0 Å². The zero-order valence-corrected chi connectivity index (χ0v) is 19.4. The van der Waals surface area contributed by atoms with Crippen molar-refractivity contribution in [2.45, 2.75) is 33.7 Å². The van der Waals surface area contributed by atoms with Crippen molar-refractivity contribution in [1.82, 2.24) is 9.97 Å². The van der Waals surface area contributed by atoms with Crippen LogP contribution in [0, 0.1) is 5.41 Å². The molecule has 0 unspecified atom stereocenters. The molecular weight excluding hydrogens is 420 g/mol. The Balaban J connectivity index is 1.44. The van der Waals surface area contributed by atoms with Gasteiger partial charge in [-0.3, -0.25) is 9.59 Å². The largest absolute Gasteiger partial charge is 0.378 e. The first-order valence-electron chi connectivity index (χ1n) is 11.1. The molecule has 33 heavy (non-hydrogen) atoms. The molecular formula is C24H30N6O3. The minimum Gasteiger partial charge on any atom is -0.378 e. The molecule has 1 aliphatic heterocycles. The molecule has 2 heterocycles. The smallest absolute Gasteiger partial charge is 0.253 e. The van der Waals surface area contributed by atoms with Crippen LogP contribution in [0.4, 0.5) is 34.5 Å². The maximum Gasteiger partial charge on any atom is 0.253 e. The fraction of sp³-hybridized carbons (Fsp3) is 0.417. The van der Waals surface area contributed by atoms with Gasteiger partial charge in [-0.1, -0.05) is 20.8 Å². The molecule has 9 nitrogen and oxygen atoms in total. The molecule has 9 heteroatoms. The van der Waals surface area contributed by atoms with E-state index in [1.807, 2.05) is 31.2 Å². The zero-order chi connectivity index (χ0) is 23.6. The Bertz CT molecular complexity index is 1170. The number of hydrogen-bond acceptors (Lipinski definition) is 9. The Morgan fingerprint density at radius 3 is 2.30 bits per heavy atom. The van der Waals surface area contributed by atoms with Gasteiger partial charge in [0.05, 0.1) is 13.2 Å². The zero-order valence-electron chi connectivity index (χ0n) is 19.4. The van der Waals surface area contributed by atoms with Crippen molar-refractivity contribution in [3.63, 3.8) is 0 Å². The molecule has 4 rings (SSSR count). The molecule has 0 bridgehead atoms. The number of nitrogens with one attached hydrogen (secondary N) is 3. The Kier molecular flexibility index (Phi) is 6.33. The highest BCUT2D eigenvalue weighted by atomic mass is 16.5. The van der Waals surface area contributed by atoms with Crippen LogP contribution < -0.4 is 31.7 Å². The lowest BCUT2D eigenvalue weighted by Gasteiger charge is -2.30. The molecule has 1 atom stereocenters. The van der Waals surface area contributed by atoms with Gasteiger partial charge in [0.1, 0.15) is 17.2 Å². The molecule has 0 spiro atoms. The van der Waals surface area contributed by atoms with E-state index in [2.05, 4.69) is 51.6 Å². The summed E-state index contributed by atoms with van der Waals surface area (Å²) in [6.07, 6.45) is 1.59. The second kappa shape index (κ2) is 9.19. The summed E-state index contributed by atoms with van der Waals surface area (Å²) in [7, 11) is 0. The van der Waals surface area contributed by atoms with Crippen molar-refractivity contribution >= 4 is 34.5 Å². The highest BCUT2D eigenvalue weighted by Gasteiger charge is 2.27. The normalized spacial score (nSPS) is 15.3. The Morgan fingerprint density at radius 1 is 0.970 bits per heavy atom. The number of anilines is 6. The van der Waals surface area contributed by atoms with E-state index in [0.717, 1.165) is 37.7 Å². The summed E-state index contributed by atoms with van der Waals surface area (Å²) in [4.78, 5) is 35.3. The van der Waals surface area contributed by atoms with Gasteiger partial charge >= 0.3 is 0 Å². The van der Waals surface area contributed by atoms with Gasteiger partial charge in [0.25, 0.3) is 10.9 Å². The van der Waals surface area contributed by atoms with Crippen molar-refractivity contribution in [3.05, 3.63) is 57.0 Å². The SMILES string of the molecule is C[C@@H](Nc1c(Nc2ccnc(Nc3ccc(N4CCOCC4)cc3)n2)c(=O)c1=O)C(C)(C)C. The Labute approximate surface area is 192 Å². The van der Waals surface area contributed by atoms with Gasteiger partial charge in [-0.05, 0) is 42.7 Å². The molecule has 3 N–H and O–H groups in total. The van der Waals surface area contributed by atoms with Gasteiger partial charge in [0, 0.05) is 36.7 Å². The van der Waals surface area contributed by atoms with Crippen molar-refractivity contribution in [2.24, 2.45) is 5.41 Å². The maximum absolute atomic E-state index is 12.2. The fourth-order valence-corrected chi connectivity index (χ4v) is 3.40. The van der Waals surface area contributed by atoms with Crippen LogP contribution in [0.15, 0.2) is 46.1 Å². The molecule has 1 aliphatic rings. The van der Waals surface area contributed by atoms with Gasteiger partial charge in [0.2, 0.25) is 5.95 Å². The first-order chi connectivity index (χ1) is 15.7. The van der Waals surface area contributed by atoms with Gasteiger partial charge in [0.15, 0.2) is 0 Å². The highest BCUT2D eigenvalue weighted by Crippen LogP contribution is 2.27. The number of rotatable bonds is 7. The minimum absolute atomic E-state index is 0.00408. The van der Waals surface area contributed by atoms with Crippen LogP contribution >= 0.6 is 0 Å². The van der Waals surface area contributed by atoms with Crippen LogP contribution in [-0.4, -0.2) is 42.3 Å². The summed E-state index contributed by atoms with van der Waals surface area (Å²) in [5.41, 5.74) is 1.39. The van der Waals surface area contributed by atoms with E-state index in [-0.39, 0.29) is 17.1 Å². The van der Waals surface area contributed by atoms with Crippen molar-refractivity contribution in [2.75, 3.05) is 47.2 Å². The third-order valence-corrected chi connectivity index (χ3v) is 5.98. The molecule has 0 aliphatic carbocycles. The predicted molar refractivity (Wildman–Crippen MR) is 132 cm³/mol. The summed E-state index contributed by atoms with van der Waals surface area (Å²) in [5, 5.41) is 9.33. The van der Waals surface area contributed by atoms with Crippen LogP contribution in [-0.2, 0) is 4.74 Å². The van der Waals surface area contributed by atoms with Crippen molar-refractivity contribution < 1.29 is 4.74 Å². The summed E-state index contributed by atoms with van der Waals surface area (Å²) in [6.45, 7) is 11.4. The predicted octanol–water partition coefficient (Wildman–Crippen LogP) is 3.24. The average molecular weight is 451 g/mol. The lowest BCUT2D eigenvalue weighted by Crippen LogP contribution is -2.41. The molecule has 0 amide bonds. The van der Waals surface area contributed by atoms with Crippen molar-refractivity contribution in [3.8, 4) is 0 Å². The van der Waals surface area contributed by atoms with Gasteiger partial charge in [-0.25, -0.2) is 4.98 Å². The summed E-state index contributed by atoms with van der Waals surface area (Å²) >= 11 is 0. The topological polar surface area (TPSA) is 108 Å². The summed E-state index contributed by atoms with van der Waals surface area (Å²) < 4.78 is 5.40. The lowest BCUT2D eigenvalue weighted by atomic mass is 9.87. The standard InChI is InChI=1S/C24H30N6O3/c1-15(24(2,3)4)26-19-20(22(32)21(19)31)28-18-9-10-25-23(29-18)27-16-5-7-17(8-6-16)30-11-13-33-14-12-30/h5-10,15,26H,11-14H2,1-4H3,(H2,25,27,28,29)/t15-/m1/s1. The summed E-state index contributed by atoms with van der Waals surface area (Å²) in [6, 6.07) is 9.70. The maximum atomic E-state index is 12.2. The van der Waals surface area contributed by atoms with Crippen LogP contribution in [0.3, 0.4) is 0 Å². The quantitative estimate of drug-likeness (QED) is 0.467. The van der Waals surface area contributed by atoms with E-state index in [4.69, 9.17) is 4.74 Å². The minimum atomic E-state index is -0.551. The van der Waals surface area contributed by atoms with Gasteiger partial charge in [-0.2, -0.15) is 4.98 Å². The molecule has 0 saturated carbocycles. The number of aromatic nitrogens is 2. The van der Waals surface area contributed by atoms with E-state index >= 15 is 0 Å². The lowest BCUT2D eigenvalue weighted by molar-refractivity contribution is 0.122. The molecule has 1 aromatic heterocycles. The molecule has 1 saturated heterocycles. The molecule has 174 valence electrons. The second-order valence-corrected chi connectivity index (χ2v) is 9.30. The fourth-order valence-electron chi connectivity index (χ4n) is 3.40. The van der Waals surface area contributed by atoms with E-state index in [1.165, 1.54) is 0 Å². The monoisotopic (exact) mass is 450 g/mol. The van der Waals surface area contributed by atoms with Crippen LogP contribution in [0.1, 0.15) is 27.7 Å². The molecule has 3 aromatic rings. The van der Waals surface area contributed by atoms with Crippen molar-refractivity contribution in [1.29, 1.82) is 0 Å². The third-order valence-electron chi connectivity index (χ3n) is 5.98. The molecule has 0 radical (unpaired) electrons. The third kappa shape index (κ3) is 5.14. The average Bonchev–Trinajstić information content (AvgIpc) is 2.81. The first-order valence-corrected chi connectivity index (χ1v) is 11.1. The van der Waals surface area contributed by atoms with Crippen LogP contribution in [0.5, 0.6) is 0 Å². The van der Waals surface area contributed by atoms with E-state index in [9.17, 15) is 9.59 Å². The number of hydrogen-bond donors (Lipinski definition) is 3. The number of nitrogens with zero attached hydrogens (tertiary/aromatic N) is 3. The highest BCUT2D eigenvalue weighted by molar-refractivity contribution is 5.78. The van der Waals surface area contributed by atoms with E-state index < -0.39 is 10.9 Å². The second-order valence-electron chi connectivity index (χ2n) is 9.30. The van der Waals surface area contributed by atoms with Crippen LogP contribution in [0.2, 0.25) is 0 Å². The van der Waals surface area contributed by atoms with E-state index in [1.54, 1.807) is 12.3 Å². The Hall–Kier alpha value is -3.46. The first kappa shape index (κ1) is 22.7. The number of ether oxygens (including phenoxy) is 1. The number of morpholine rings is 1. The molecule has 2 aromatic carbocycles. The number of benzene rings is 1. The van der Waals surface area contributed by atoms with Gasteiger partial charge < -0.3 is 25.6 Å². The van der Waals surface area contributed by atoms with E-state index in [0.29, 0.717) is 17.5 Å². The Morgan fingerprint density at radius 2 is 1.64 bits per heavy atom. The summed E-state index contributed by atoms with van der Waals surface area (Å²) in [5.74, 6) is 0.811.